The minimum atomic E-state index is -0.258. The van der Waals surface area contributed by atoms with Gasteiger partial charge < -0.3 is 5.32 Å². The molecule has 2 aromatic carbocycles. The summed E-state index contributed by atoms with van der Waals surface area (Å²) in [6, 6.07) is 18.1. The molecule has 0 aliphatic carbocycles. The van der Waals surface area contributed by atoms with Crippen molar-refractivity contribution in [1.82, 2.24) is 10.4 Å². The number of carbonyl (C=O) groups excluding carboxylic acids is 1. The number of hydrogen-bond acceptors (Lipinski definition) is 2. The van der Waals surface area contributed by atoms with Crippen molar-refractivity contribution in [3.05, 3.63) is 60.2 Å². The van der Waals surface area contributed by atoms with Gasteiger partial charge in [-0.1, -0.05) is 54.6 Å². The maximum absolute atomic E-state index is 11.6. The SMILES string of the molecule is CCNC(=O)N1OC1c1ccc(-c2ccccc2)cc1. The van der Waals surface area contributed by atoms with Crippen LogP contribution in [0.4, 0.5) is 4.79 Å². The van der Waals surface area contributed by atoms with E-state index in [9.17, 15) is 4.79 Å². The molecule has 2 aromatic rings. The third-order valence-electron chi connectivity index (χ3n) is 3.21. The van der Waals surface area contributed by atoms with Crippen LogP contribution >= 0.6 is 0 Å². The maximum Gasteiger partial charge on any atom is 0.344 e. The molecule has 4 nitrogen and oxygen atoms in total. The lowest BCUT2D eigenvalue weighted by molar-refractivity contribution is 0.177. The first kappa shape index (κ1) is 12.7. The first-order valence-electron chi connectivity index (χ1n) is 6.69. The molecule has 1 aliphatic rings. The van der Waals surface area contributed by atoms with E-state index in [1.54, 1.807) is 0 Å². The van der Waals surface area contributed by atoms with Crippen LogP contribution in [0, 0.1) is 0 Å². The van der Waals surface area contributed by atoms with E-state index in [1.165, 1.54) is 10.6 Å². The van der Waals surface area contributed by atoms with E-state index in [2.05, 4.69) is 17.4 Å². The van der Waals surface area contributed by atoms with Crippen LogP contribution in [-0.2, 0) is 4.84 Å². The third kappa shape index (κ3) is 2.51. The van der Waals surface area contributed by atoms with E-state index in [1.807, 2.05) is 49.4 Å². The monoisotopic (exact) mass is 268 g/mol. The molecule has 0 aromatic heterocycles. The highest BCUT2D eigenvalue weighted by Gasteiger charge is 2.42. The molecule has 0 saturated carbocycles. The number of nitrogens with one attached hydrogen (secondary N) is 1. The highest BCUT2D eigenvalue weighted by Crippen LogP contribution is 2.37. The van der Waals surface area contributed by atoms with Crippen LogP contribution in [-0.4, -0.2) is 17.6 Å². The van der Waals surface area contributed by atoms with Crippen molar-refractivity contribution in [1.29, 1.82) is 0 Å². The van der Waals surface area contributed by atoms with Crippen LogP contribution in [0.15, 0.2) is 54.6 Å². The Labute approximate surface area is 117 Å². The minimum absolute atomic E-state index is 0.190. The molecule has 1 heterocycles. The molecule has 1 saturated heterocycles. The zero-order valence-corrected chi connectivity index (χ0v) is 11.2. The predicted molar refractivity (Wildman–Crippen MR) is 76.6 cm³/mol. The number of urea groups is 1. The zero-order valence-electron chi connectivity index (χ0n) is 11.2. The van der Waals surface area contributed by atoms with E-state index in [0.717, 1.165) is 11.1 Å². The number of nitrogens with zero attached hydrogens (tertiary/aromatic N) is 1. The summed E-state index contributed by atoms with van der Waals surface area (Å²) in [7, 11) is 0. The summed E-state index contributed by atoms with van der Waals surface area (Å²) in [5, 5.41) is 4.05. The topological polar surface area (TPSA) is 44.6 Å². The van der Waals surface area contributed by atoms with Crippen LogP contribution in [0.25, 0.3) is 11.1 Å². The van der Waals surface area contributed by atoms with Crippen LogP contribution in [0.3, 0.4) is 0 Å². The summed E-state index contributed by atoms with van der Waals surface area (Å²) in [5.74, 6) is 0. The highest BCUT2D eigenvalue weighted by molar-refractivity contribution is 5.75. The van der Waals surface area contributed by atoms with Gasteiger partial charge in [-0.2, -0.15) is 5.06 Å². The first-order valence-corrected chi connectivity index (χ1v) is 6.69. The summed E-state index contributed by atoms with van der Waals surface area (Å²) in [6.07, 6.45) is -0.258. The third-order valence-corrected chi connectivity index (χ3v) is 3.21. The van der Waals surface area contributed by atoms with Gasteiger partial charge in [0.1, 0.15) is 0 Å². The van der Waals surface area contributed by atoms with Crippen molar-refractivity contribution in [3.8, 4) is 11.1 Å². The molecule has 1 atom stereocenters. The summed E-state index contributed by atoms with van der Waals surface area (Å²) < 4.78 is 0. The molecule has 20 heavy (non-hydrogen) atoms. The molecule has 1 aliphatic heterocycles. The van der Waals surface area contributed by atoms with Gasteiger partial charge in [0.25, 0.3) is 0 Å². The van der Waals surface area contributed by atoms with E-state index in [4.69, 9.17) is 4.84 Å². The Balaban J connectivity index is 1.71. The average molecular weight is 268 g/mol. The Kier molecular flexibility index (Phi) is 3.39. The molecule has 102 valence electrons. The number of hydroxylamine groups is 2. The average Bonchev–Trinajstić information content (AvgIpc) is 3.29. The van der Waals surface area contributed by atoms with Gasteiger partial charge in [-0.05, 0) is 18.1 Å². The number of hydrogen-bond donors (Lipinski definition) is 1. The highest BCUT2D eigenvalue weighted by atomic mass is 16.8. The summed E-state index contributed by atoms with van der Waals surface area (Å²) in [4.78, 5) is 16.9. The van der Waals surface area contributed by atoms with Crippen molar-refractivity contribution in [2.24, 2.45) is 0 Å². The minimum Gasteiger partial charge on any atom is -0.336 e. The molecule has 0 radical (unpaired) electrons. The molecular formula is C16H16N2O2. The standard InChI is InChI=1S/C16H16N2O2/c1-2-17-16(19)18-15(20-18)14-10-8-13(9-11-14)12-6-4-3-5-7-12/h3-11,15H,2H2,1H3,(H,17,19). The summed E-state index contributed by atoms with van der Waals surface area (Å²) in [5.41, 5.74) is 3.31. The molecular weight excluding hydrogens is 252 g/mol. The number of carbonyl (C=O) groups is 1. The lowest BCUT2D eigenvalue weighted by Crippen LogP contribution is -2.27. The van der Waals surface area contributed by atoms with Crippen molar-refractivity contribution in [2.45, 2.75) is 13.2 Å². The normalized spacial score (nSPS) is 16.9. The van der Waals surface area contributed by atoms with Gasteiger partial charge in [-0.15, -0.1) is 0 Å². The Morgan fingerprint density at radius 1 is 1.10 bits per heavy atom. The molecule has 4 heteroatoms. The summed E-state index contributed by atoms with van der Waals surface area (Å²) >= 11 is 0. The number of amides is 2. The van der Waals surface area contributed by atoms with Crippen LogP contribution in [0.2, 0.25) is 0 Å². The molecule has 1 N–H and O–H groups in total. The number of benzene rings is 2. The van der Waals surface area contributed by atoms with Crippen molar-refractivity contribution >= 4 is 6.03 Å². The van der Waals surface area contributed by atoms with Gasteiger partial charge in [0.2, 0.25) is 6.23 Å². The Hall–Kier alpha value is -2.33. The van der Waals surface area contributed by atoms with E-state index in [0.29, 0.717) is 6.54 Å². The largest absolute Gasteiger partial charge is 0.344 e. The number of rotatable bonds is 3. The smallest absolute Gasteiger partial charge is 0.336 e. The lowest BCUT2D eigenvalue weighted by Gasteiger charge is -2.03. The van der Waals surface area contributed by atoms with Gasteiger partial charge in [-0.3, -0.25) is 0 Å². The van der Waals surface area contributed by atoms with Crippen molar-refractivity contribution in [3.63, 3.8) is 0 Å². The van der Waals surface area contributed by atoms with Gasteiger partial charge in [0.05, 0.1) is 0 Å². The fourth-order valence-corrected chi connectivity index (χ4v) is 2.13. The van der Waals surface area contributed by atoms with Crippen LogP contribution < -0.4 is 5.32 Å². The second kappa shape index (κ2) is 5.35. The summed E-state index contributed by atoms with van der Waals surface area (Å²) in [6.45, 7) is 2.48. The Morgan fingerprint density at radius 2 is 1.75 bits per heavy atom. The fraction of sp³-hybridized carbons (Fsp3) is 0.188. The van der Waals surface area contributed by atoms with E-state index < -0.39 is 0 Å². The van der Waals surface area contributed by atoms with Gasteiger partial charge >= 0.3 is 6.03 Å². The quantitative estimate of drug-likeness (QED) is 0.868. The van der Waals surface area contributed by atoms with Crippen molar-refractivity contribution in [2.75, 3.05) is 6.54 Å². The second-order valence-electron chi connectivity index (χ2n) is 4.61. The van der Waals surface area contributed by atoms with E-state index in [-0.39, 0.29) is 12.3 Å². The van der Waals surface area contributed by atoms with Crippen LogP contribution in [0.5, 0.6) is 0 Å². The molecule has 1 unspecified atom stereocenters. The van der Waals surface area contributed by atoms with Gasteiger partial charge in [-0.25, -0.2) is 9.63 Å². The Bertz CT molecular complexity index is 596. The molecule has 1 fully saturated rings. The molecule has 0 bridgehead atoms. The molecule has 3 rings (SSSR count). The maximum atomic E-state index is 11.6. The first-order chi connectivity index (χ1) is 9.79. The van der Waals surface area contributed by atoms with Crippen LogP contribution in [0.1, 0.15) is 18.7 Å². The fourth-order valence-electron chi connectivity index (χ4n) is 2.13. The molecule has 2 amide bonds. The van der Waals surface area contributed by atoms with E-state index >= 15 is 0 Å². The second-order valence-corrected chi connectivity index (χ2v) is 4.61. The van der Waals surface area contributed by atoms with Gasteiger partial charge in [0.15, 0.2) is 0 Å². The van der Waals surface area contributed by atoms with Crippen molar-refractivity contribution < 1.29 is 9.63 Å². The predicted octanol–water partition coefficient (Wildman–Crippen LogP) is 3.33. The molecule has 0 spiro atoms. The van der Waals surface area contributed by atoms with Gasteiger partial charge in [0, 0.05) is 12.1 Å². The lowest BCUT2D eigenvalue weighted by atomic mass is 10.0. The zero-order chi connectivity index (χ0) is 13.9. The Morgan fingerprint density at radius 3 is 2.40 bits per heavy atom.